The van der Waals surface area contributed by atoms with Crippen molar-refractivity contribution in [2.75, 3.05) is 12.8 Å². The van der Waals surface area contributed by atoms with E-state index in [1.54, 1.807) is 13.1 Å². The summed E-state index contributed by atoms with van der Waals surface area (Å²) in [6, 6.07) is 2.42. The third-order valence-electron chi connectivity index (χ3n) is 2.74. The molecule has 2 rings (SSSR count). The van der Waals surface area contributed by atoms with Crippen molar-refractivity contribution >= 4 is 28.1 Å². The Morgan fingerprint density at radius 1 is 1.41 bits per heavy atom. The number of anilines is 1. The molecule has 1 aromatic heterocycles. The van der Waals surface area contributed by atoms with E-state index < -0.39 is 11.7 Å². The number of ether oxygens (including phenoxy) is 1. The van der Waals surface area contributed by atoms with Crippen LogP contribution in [0.25, 0.3) is 0 Å². The number of imidazole rings is 1. The SMILES string of the molecule is COc1c(Br)cc(C=Nn2cc(C)nc2N)cc1C(F)(F)F. The molecule has 0 saturated heterocycles. The van der Waals surface area contributed by atoms with Gasteiger partial charge >= 0.3 is 6.18 Å². The molecule has 0 atom stereocenters. The molecule has 22 heavy (non-hydrogen) atoms. The molecule has 1 aromatic carbocycles. The van der Waals surface area contributed by atoms with E-state index >= 15 is 0 Å². The summed E-state index contributed by atoms with van der Waals surface area (Å²) in [5, 5.41) is 3.99. The van der Waals surface area contributed by atoms with Gasteiger partial charge in [-0.2, -0.15) is 18.3 Å². The molecule has 118 valence electrons. The summed E-state index contributed by atoms with van der Waals surface area (Å²) in [5.41, 5.74) is 5.62. The number of benzene rings is 1. The molecule has 0 bridgehead atoms. The van der Waals surface area contributed by atoms with Gasteiger partial charge in [-0.1, -0.05) is 0 Å². The van der Waals surface area contributed by atoms with Crippen molar-refractivity contribution in [2.24, 2.45) is 5.10 Å². The van der Waals surface area contributed by atoms with E-state index in [0.29, 0.717) is 5.69 Å². The Labute approximate surface area is 132 Å². The zero-order chi connectivity index (χ0) is 16.5. The fraction of sp³-hybridized carbons (Fsp3) is 0.231. The topological polar surface area (TPSA) is 65.4 Å². The van der Waals surface area contributed by atoms with Gasteiger partial charge in [-0.15, -0.1) is 0 Å². The summed E-state index contributed by atoms with van der Waals surface area (Å²) >= 11 is 3.06. The second kappa shape index (κ2) is 5.99. The van der Waals surface area contributed by atoms with E-state index in [-0.39, 0.29) is 21.7 Å². The molecule has 5 nitrogen and oxygen atoms in total. The van der Waals surface area contributed by atoms with Crippen LogP contribution in [0.15, 0.2) is 27.9 Å². The van der Waals surface area contributed by atoms with Gasteiger partial charge in [0.15, 0.2) is 0 Å². The van der Waals surface area contributed by atoms with Gasteiger partial charge in [0.25, 0.3) is 0 Å². The first-order valence-electron chi connectivity index (χ1n) is 6.03. The van der Waals surface area contributed by atoms with Gasteiger partial charge in [0.05, 0.1) is 35.3 Å². The van der Waals surface area contributed by atoms with Crippen LogP contribution < -0.4 is 10.5 Å². The third-order valence-corrected chi connectivity index (χ3v) is 3.33. The van der Waals surface area contributed by atoms with Crippen LogP contribution in [0.3, 0.4) is 0 Å². The summed E-state index contributed by atoms with van der Waals surface area (Å²) in [6.45, 7) is 1.73. The quantitative estimate of drug-likeness (QED) is 0.834. The van der Waals surface area contributed by atoms with Crippen LogP contribution in [0.5, 0.6) is 5.75 Å². The van der Waals surface area contributed by atoms with Crippen molar-refractivity contribution in [3.05, 3.63) is 39.6 Å². The zero-order valence-electron chi connectivity index (χ0n) is 11.6. The van der Waals surface area contributed by atoms with E-state index in [1.165, 1.54) is 24.1 Å². The number of hydrogen-bond donors (Lipinski definition) is 1. The third kappa shape index (κ3) is 3.41. The van der Waals surface area contributed by atoms with Gasteiger partial charge in [0.2, 0.25) is 5.95 Å². The maximum atomic E-state index is 13.0. The highest BCUT2D eigenvalue weighted by Crippen LogP contribution is 2.40. The molecule has 0 unspecified atom stereocenters. The second-order valence-corrected chi connectivity index (χ2v) is 5.27. The molecule has 1 heterocycles. The number of methoxy groups -OCH3 is 1. The van der Waals surface area contributed by atoms with E-state index in [1.807, 2.05) is 0 Å². The van der Waals surface area contributed by atoms with E-state index in [4.69, 9.17) is 10.5 Å². The Balaban J connectivity index is 2.44. The van der Waals surface area contributed by atoms with Crippen LogP contribution in [0.4, 0.5) is 19.1 Å². The minimum Gasteiger partial charge on any atom is -0.495 e. The second-order valence-electron chi connectivity index (χ2n) is 4.41. The summed E-state index contributed by atoms with van der Waals surface area (Å²) in [7, 11) is 1.18. The minimum absolute atomic E-state index is 0.150. The molecule has 0 saturated carbocycles. The lowest BCUT2D eigenvalue weighted by Gasteiger charge is -2.14. The van der Waals surface area contributed by atoms with Crippen molar-refractivity contribution in [1.82, 2.24) is 9.66 Å². The Morgan fingerprint density at radius 2 is 2.09 bits per heavy atom. The lowest BCUT2D eigenvalue weighted by Crippen LogP contribution is -2.09. The van der Waals surface area contributed by atoms with Crippen LogP contribution in [-0.2, 0) is 6.18 Å². The Hall–Kier alpha value is -2.03. The van der Waals surface area contributed by atoms with Crippen LogP contribution >= 0.6 is 15.9 Å². The number of nitrogens with zero attached hydrogens (tertiary/aromatic N) is 3. The van der Waals surface area contributed by atoms with E-state index in [9.17, 15) is 13.2 Å². The molecule has 0 fully saturated rings. The lowest BCUT2D eigenvalue weighted by atomic mass is 10.1. The number of aryl methyl sites for hydroxylation is 1. The van der Waals surface area contributed by atoms with Crippen molar-refractivity contribution < 1.29 is 17.9 Å². The summed E-state index contributed by atoms with van der Waals surface area (Å²) in [6.07, 6.45) is -1.71. The molecule has 2 aromatic rings. The Bertz CT molecular complexity index is 725. The monoisotopic (exact) mass is 376 g/mol. The average Bonchev–Trinajstić information content (AvgIpc) is 2.73. The highest BCUT2D eigenvalue weighted by atomic mass is 79.9. The number of alkyl halides is 3. The van der Waals surface area contributed by atoms with E-state index in [0.717, 1.165) is 6.07 Å². The number of hydrogen-bond acceptors (Lipinski definition) is 4. The fourth-order valence-electron chi connectivity index (χ4n) is 1.83. The van der Waals surface area contributed by atoms with Gasteiger partial charge in [-0.25, -0.2) is 9.66 Å². The minimum atomic E-state index is -4.54. The maximum absolute atomic E-state index is 13.0. The predicted molar refractivity (Wildman–Crippen MR) is 80.1 cm³/mol. The van der Waals surface area contributed by atoms with Gasteiger partial charge in [0.1, 0.15) is 5.75 Å². The van der Waals surface area contributed by atoms with Crippen molar-refractivity contribution in [3.63, 3.8) is 0 Å². The van der Waals surface area contributed by atoms with Crippen molar-refractivity contribution in [2.45, 2.75) is 13.1 Å². The van der Waals surface area contributed by atoms with Gasteiger partial charge in [-0.3, -0.25) is 0 Å². The first-order valence-corrected chi connectivity index (χ1v) is 6.82. The maximum Gasteiger partial charge on any atom is 0.420 e. The van der Waals surface area contributed by atoms with Crippen LogP contribution in [0.2, 0.25) is 0 Å². The van der Waals surface area contributed by atoms with Crippen LogP contribution in [0, 0.1) is 6.92 Å². The average molecular weight is 377 g/mol. The molecule has 0 aliphatic rings. The molecule has 0 aliphatic carbocycles. The summed E-state index contributed by atoms with van der Waals surface area (Å²) < 4.78 is 45.4. The molecule has 2 N–H and O–H groups in total. The van der Waals surface area contributed by atoms with Crippen LogP contribution in [0.1, 0.15) is 16.8 Å². The Kier molecular flexibility index (Phi) is 4.45. The van der Waals surface area contributed by atoms with Gasteiger partial charge in [0, 0.05) is 0 Å². The smallest absolute Gasteiger partial charge is 0.420 e. The molecule has 0 radical (unpaired) electrons. The molecule has 0 aliphatic heterocycles. The van der Waals surface area contributed by atoms with Crippen molar-refractivity contribution in [1.29, 1.82) is 0 Å². The normalized spacial score (nSPS) is 12.1. The number of nitrogens with two attached hydrogens (primary N) is 1. The molecular formula is C13H12BrF3N4O. The molecule has 0 spiro atoms. The van der Waals surface area contributed by atoms with Crippen LogP contribution in [-0.4, -0.2) is 23.0 Å². The number of nitrogen functional groups attached to an aromatic ring is 1. The Morgan fingerprint density at radius 3 is 2.59 bits per heavy atom. The van der Waals surface area contributed by atoms with Gasteiger partial charge in [-0.05, 0) is 40.5 Å². The summed E-state index contributed by atoms with van der Waals surface area (Å²) in [5.74, 6) is -0.125. The highest BCUT2D eigenvalue weighted by Gasteiger charge is 2.35. The first kappa shape index (κ1) is 16.3. The summed E-state index contributed by atoms with van der Waals surface area (Å²) in [4.78, 5) is 3.94. The number of rotatable bonds is 3. The highest BCUT2D eigenvalue weighted by molar-refractivity contribution is 9.10. The predicted octanol–water partition coefficient (Wildman–Crippen LogP) is 3.45. The molecular weight excluding hydrogens is 365 g/mol. The number of halogens is 4. The largest absolute Gasteiger partial charge is 0.495 e. The molecule has 0 amide bonds. The zero-order valence-corrected chi connectivity index (χ0v) is 13.2. The van der Waals surface area contributed by atoms with E-state index in [2.05, 4.69) is 26.0 Å². The lowest BCUT2D eigenvalue weighted by molar-refractivity contribution is -0.138. The van der Waals surface area contributed by atoms with Gasteiger partial charge < -0.3 is 10.5 Å². The number of aromatic nitrogens is 2. The van der Waals surface area contributed by atoms with Crippen molar-refractivity contribution in [3.8, 4) is 5.75 Å². The first-order chi connectivity index (χ1) is 10.2. The standard InChI is InChI=1S/C13H12BrF3N4O/c1-7-6-21(12(18)20-7)19-5-8-3-9(13(15,16)17)11(22-2)10(14)4-8/h3-6H,1-2H3,(H2,18,20). The fourth-order valence-corrected chi connectivity index (χ4v) is 2.47. The molecule has 9 heteroatoms.